The van der Waals surface area contributed by atoms with Crippen LogP contribution >= 0.6 is 0 Å². The fourth-order valence-corrected chi connectivity index (χ4v) is 1.71. The Bertz CT molecular complexity index is 426. The highest BCUT2D eigenvalue weighted by Gasteiger charge is 2.15. The molecule has 0 aliphatic heterocycles. The third kappa shape index (κ3) is 6.92. The van der Waals surface area contributed by atoms with Gasteiger partial charge >= 0.3 is 0 Å². The Kier molecular flexibility index (Phi) is 8.27. The second-order valence-electron chi connectivity index (χ2n) is 4.47. The summed E-state index contributed by atoms with van der Waals surface area (Å²) in [5.74, 6) is 1.78. The summed E-state index contributed by atoms with van der Waals surface area (Å²) in [7, 11) is 0. The quantitative estimate of drug-likeness (QED) is 0.831. The SMILES string of the molecule is CCC(C(C)=O)C(C)=O.CCNc1nc(C)nc(C)n1. The molecule has 6 heteroatoms. The lowest BCUT2D eigenvalue weighted by Crippen LogP contribution is -2.17. The van der Waals surface area contributed by atoms with Gasteiger partial charge in [-0.3, -0.25) is 9.59 Å². The van der Waals surface area contributed by atoms with E-state index in [1.807, 2.05) is 27.7 Å². The Labute approximate surface area is 120 Å². The first-order valence-electron chi connectivity index (χ1n) is 6.75. The largest absolute Gasteiger partial charge is 0.354 e. The van der Waals surface area contributed by atoms with Crippen LogP contribution < -0.4 is 5.32 Å². The number of ketones is 2. The van der Waals surface area contributed by atoms with Crippen molar-refractivity contribution in [2.24, 2.45) is 5.92 Å². The number of aryl methyl sites for hydroxylation is 2. The molecule has 0 unspecified atom stereocenters. The second kappa shape index (κ2) is 9.12. The van der Waals surface area contributed by atoms with Gasteiger partial charge < -0.3 is 5.32 Å². The molecule has 1 heterocycles. The first-order chi connectivity index (χ1) is 9.31. The molecule has 0 aromatic carbocycles. The second-order valence-corrected chi connectivity index (χ2v) is 4.47. The fourth-order valence-electron chi connectivity index (χ4n) is 1.71. The molecule has 0 aliphatic carbocycles. The highest BCUT2D eigenvalue weighted by molar-refractivity contribution is 6.00. The molecular formula is C14H24N4O2. The van der Waals surface area contributed by atoms with Gasteiger partial charge in [-0.25, -0.2) is 4.98 Å². The van der Waals surface area contributed by atoms with Gasteiger partial charge in [-0.1, -0.05) is 6.92 Å². The van der Waals surface area contributed by atoms with Crippen molar-refractivity contribution in [3.8, 4) is 0 Å². The molecule has 1 N–H and O–H groups in total. The molecule has 0 saturated heterocycles. The molecule has 0 fully saturated rings. The van der Waals surface area contributed by atoms with Gasteiger partial charge in [0.1, 0.15) is 23.2 Å². The van der Waals surface area contributed by atoms with E-state index in [2.05, 4.69) is 20.3 Å². The summed E-state index contributed by atoms with van der Waals surface area (Å²) < 4.78 is 0. The summed E-state index contributed by atoms with van der Waals surface area (Å²) in [5.41, 5.74) is 0. The summed E-state index contributed by atoms with van der Waals surface area (Å²) in [6.45, 7) is 11.3. The summed E-state index contributed by atoms with van der Waals surface area (Å²) in [6, 6.07) is 0. The fraction of sp³-hybridized carbons (Fsp3) is 0.643. The Morgan fingerprint density at radius 3 is 1.70 bits per heavy atom. The van der Waals surface area contributed by atoms with Crippen molar-refractivity contribution in [3.63, 3.8) is 0 Å². The maximum atomic E-state index is 10.6. The van der Waals surface area contributed by atoms with Crippen LogP contribution in [0.2, 0.25) is 0 Å². The van der Waals surface area contributed by atoms with E-state index in [9.17, 15) is 9.59 Å². The summed E-state index contributed by atoms with van der Waals surface area (Å²) in [4.78, 5) is 33.4. The minimum absolute atomic E-state index is 0.0231. The molecule has 0 bridgehead atoms. The molecule has 1 aromatic rings. The Hall–Kier alpha value is -1.85. The number of nitrogens with zero attached hydrogens (tertiary/aromatic N) is 3. The number of carbonyl (C=O) groups is 2. The molecular weight excluding hydrogens is 256 g/mol. The molecule has 0 atom stereocenters. The number of anilines is 1. The van der Waals surface area contributed by atoms with Crippen LogP contribution in [0.25, 0.3) is 0 Å². The monoisotopic (exact) mass is 280 g/mol. The van der Waals surface area contributed by atoms with Crippen molar-refractivity contribution < 1.29 is 9.59 Å². The van der Waals surface area contributed by atoms with Crippen LogP contribution in [0.5, 0.6) is 0 Å². The van der Waals surface area contributed by atoms with Crippen LogP contribution in [0.1, 0.15) is 45.8 Å². The Morgan fingerprint density at radius 2 is 1.45 bits per heavy atom. The smallest absolute Gasteiger partial charge is 0.226 e. The summed E-state index contributed by atoms with van der Waals surface area (Å²) >= 11 is 0. The third-order valence-corrected chi connectivity index (χ3v) is 2.58. The highest BCUT2D eigenvalue weighted by Crippen LogP contribution is 2.03. The van der Waals surface area contributed by atoms with Crippen LogP contribution in [0.15, 0.2) is 0 Å². The van der Waals surface area contributed by atoms with Crippen molar-refractivity contribution in [1.82, 2.24) is 15.0 Å². The van der Waals surface area contributed by atoms with E-state index in [4.69, 9.17) is 0 Å². The molecule has 1 aromatic heterocycles. The van der Waals surface area contributed by atoms with E-state index in [1.165, 1.54) is 13.8 Å². The van der Waals surface area contributed by atoms with E-state index in [0.717, 1.165) is 18.2 Å². The normalized spacial score (nSPS) is 9.75. The van der Waals surface area contributed by atoms with E-state index in [1.54, 1.807) is 0 Å². The molecule has 0 spiro atoms. The van der Waals surface area contributed by atoms with Gasteiger partial charge in [0.15, 0.2) is 0 Å². The molecule has 20 heavy (non-hydrogen) atoms. The van der Waals surface area contributed by atoms with Gasteiger partial charge in [0.05, 0.1) is 5.92 Å². The van der Waals surface area contributed by atoms with Crippen LogP contribution in [-0.4, -0.2) is 33.1 Å². The third-order valence-electron chi connectivity index (χ3n) is 2.58. The van der Waals surface area contributed by atoms with Crippen LogP contribution in [0, 0.1) is 19.8 Å². The lowest BCUT2D eigenvalue weighted by atomic mass is 9.98. The van der Waals surface area contributed by atoms with E-state index in [0.29, 0.717) is 12.4 Å². The molecule has 112 valence electrons. The van der Waals surface area contributed by atoms with Crippen molar-refractivity contribution in [3.05, 3.63) is 11.6 Å². The lowest BCUT2D eigenvalue weighted by molar-refractivity contribution is -0.130. The number of Topliss-reactive ketones (excluding diaryl/α,β-unsaturated/α-hetero) is 2. The van der Waals surface area contributed by atoms with Crippen LogP contribution in [0.4, 0.5) is 5.95 Å². The van der Waals surface area contributed by atoms with Crippen LogP contribution in [-0.2, 0) is 9.59 Å². The highest BCUT2D eigenvalue weighted by atomic mass is 16.1. The molecule has 6 nitrogen and oxygen atoms in total. The Balaban J connectivity index is 0.000000370. The van der Waals surface area contributed by atoms with Crippen molar-refractivity contribution in [2.75, 3.05) is 11.9 Å². The minimum Gasteiger partial charge on any atom is -0.354 e. The van der Waals surface area contributed by atoms with E-state index >= 15 is 0 Å². The lowest BCUT2D eigenvalue weighted by Gasteiger charge is -2.03. The number of rotatable bonds is 5. The molecule has 0 aliphatic rings. The van der Waals surface area contributed by atoms with E-state index in [-0.39, 0.29) is 17.5 Å². The average Bonchev–Trinajstić information content (AvgIpc) is 2.28. The van der Waals surface area contributed by atoms with Gasteiger partial charge in [-0.15, -0.1) is 0 Å². The van der Waals surface area contributed by atoms with Crippen molar-refractivity contribution in [1.29, 1.82) is 0 Å². The van der Waals surface area contributed by atoms with E-state index < -0.39 is 0 Å². The molecule has 0 saturated carbocycles. The zero-order chi connectivity index (χ0) is 15.7. The first-order valence-corrected chi connectivity index (χ1v) is 6.75. The zero-order valence-electron chi connectivity index (χ0n) is 13.1. The van der Waals surface area contributed by atoms with Crippen molar-refractivity contribution in [2.45, 2.75) is 48.0 Å². The van der Waals surface area contributed by atoms with Gasteiger partial charge in [0, 0.05) is 6.54 Å². The predicted molar refractivity (Wildman–Crippen MR) is 78.6 cm³/mol. The van der Waals surface area contributed by atoms with Crippen LogP contribution in [0.3, 0.4) is 0 Å². The molecule has 0 radical (unpaired) electrons. The molecule has 0 amide bonds. The van der Waals surface area contributed by atoms with Gasteiger partial charge in [0.2, 0.25) is 5.95 Å². The zero-order valence-corrected chi connectivity index (χ0v) is 13.1. The Morgan fingerprint density at radius 1 is 1.00 bits per heavy atom. The summed E-state index contributed by atoms with van der Waals surface area (Å²) in [6.07, 6.45) is 0.630. The maximum Gasteiger partial charge on any atom is 0.226 e. The standard InChI is InChI=1S/C7H12N4.C7H12O2/c1-4-8-7-10-5(2)9-6(3)11-7;1-4-7(5(2)8)6(3)9/h4H2,1-3H3,(H,8,9,10,11);7H,4H2,1-3H3. The number of hydrogen-bond acceptors (Lipinski definition) is 6. The average molecular weight is 280 g/mol. The number of nitrogens with one attached hydrogen (secondary N) is 1. The first kappa shape index (κ1) is 18.1. The number of aromatic nitrogens is 3. The summed E-state index contributed by atoms with van der Waals surface area (Å²) in [5, 5.41) is 3.03. The maximum absolute atomic E-state index is 10.6. The van der Waals surface area contributed by atoms with Crippen molar-refractivity contribution >= 4 is 17.5 Å². The number of carbonyl (C=O) groups excluding carboxylic acids is 2. The van der Waals surface area contributed by atoms with Gasteiger partial charge in [-0.05, 0) is 41.0 Å². The molecule has 1 rings (SSSR count). The topological polar surface area (TPSA) is 84.8 Å². The predicted octanol–water partition coefficient (Wildman–Crippen LogP) is 2.11. The van der Waals surface area contributed by atoms with Gasteiger partial charge in [-0.2, -0.15) is 9.97 Å². The number of hydrogen-bond donors (Lipinski definition) is 1. The van der Waals surface area contributed by atoms with Gasteiger partial charge in [0.25, 0.3) is 0 Å². The minimum atomic E-state index is -0.356.